The highest BCUT2D eigenvalue weighted by Crippen LogP contribution is 2.29. The van der Waals surface area contributed by atoms with Crippen molar-refractivity contribution in [1.29, 1.82) is 0 Å². The lowest BCUT2D eigenvalue weighted by Crippen LogP contribution is -2.12. The number of sulfone groups is 1. The Morgan fingerprint density at radius 1 is 1.41 bits per heavy atom. The summed E-state index contributed by atoms with van der Waals surface area (Å²) in [5.41, 5.74) is -0.763. The van der Waals surface area contributed by atoms with Crippen LogP contribution in [-0.4, -0.2) is 36.7 Å². The average Bonchev–Trinajstić information content (AvgIpc) is 2.42. The van der Waals surface area contributed by atoms with E-state index in [1.807, 2.05) is 0 Å². The number of carboxylic acids is 1. The van der Waals surface area contributed by atoms with Crippen molar-refractivity contribution in [3.63, 3.8) is 0 Å². The molecule has 1 aromatic carbocycles. The van der Waals surface area contributed by atoms with Gasteiger partial charge in [-0.3, -0.25) is 14.9 Å². The van der Waals surface area contributed by atoms with Crippen molar-refractivity contribution in [3.05, 3.63) is 28.3 Å². The lowest BCUT2D eigenvalue weighted by atomic mass is 10.2. The zero-order chi connectivity index (χ0) is 16.9. The molecule has 0 unspecified atom stereocenters. The summed E-state index contributed by atoms with van der Waals surface area (Å²) in [6, 6.07) is 2.36. The molecule has 2 N–H and O–H groups in total. The number of nitro benzene ring substituents is 1. The molecule has 122 valence electrons. The van der Waals surface area contributed by atoms with Gasteiger partial charge >= 0.3 is 11.7 Å². The van der Waals surface area contributed by atoms with E-state index < -0.39 is 37.1 Å². The van der Waals surface area contributed by atoms with E-state index in [9.17, 15) is 32.1 Å². The van der Waals surface area contributed by atoms with Gasteiger partial charge in [-0.25, -0.2) is 8.42 Å². The van der Waals surface area contributed by atoms with E-state index in [2.05, 4.69) is 5.32 Å². The van der Waals surface area contributed by atoms with Crippen molar-refractivity contribution in [3.8, 4) is 0 Å². The minimum absolute atomic E-state index is 0.0800. The number of rotatable bonds is 8. The lowest BCUT2D eigenvalue weighted by Gasteiger charge is -2.08. The molecule has 0 aromatic heterocycles. The number of hydrogen-bond donors (Lipinski definition) is 2. The quantitative estimate of drug-likeness (QED) is 0.421. The zero-order valence-electron chi connectivity index (χ0n) is 11.0. The Labute approximate surface area is 123 Å². The number of carbonyl (C=O) groups is 1. The van der Waals surface area contributed by atoms with Crippen LogP contribution in [0.5, 0.6) is 0 Å². The van der Waals surface area contributed by atoms with Gasteiger partial charge in [-0.15, -0.1) is 0 Å². The molecule has 1 rings (SSSR count). The molecule has 0 radical (unpaired) electrons. The SMILES string of the molecule is O=C(O)CCCNc1ccc(S(=O)(=O)C(F)F)cc1[N+](=O)[O-]. The summed E-state index contributed by atoms with van der Waals surface area (Å²) in [5, 5.41) is 21.9. The molecular weight excluding hydrogens is 326 g/mol. The molecule has 0 aliphatic heterocycles. The average molecular weight is 338 g/mol. The third-order valence-corrected chi connectivity index (χ3v) is 3.99. The van der Waals surface area contributed by atoms with Crippen LogP contribution in [0.1, 0.15) is 12.8 Å². The minimum Gasteiger partial charge on any atom is -0.481 e. The van der Waals surface area contributed by atoms with E-state index in [-0.39, 0.29) is 25.1 Å². The Morgan fingerprint density at radius 2 is 2.05 bits per heavy atom. The summed E-state index contributed by atoms with van der Waals surface area (Å²) < 4.78 is 47.4. The standard InChI is InChI=1S/C11H12F2N2O6S/c12-11(13)22(20,21)7-3-4-8(9(6-7)15(18)19)14-5-1-2-10(16)17/h3-4,6,11,14H,1-2,5H2,(H,16,17). The maximum Gasteiger partial charge on any atom is 0.341 e. The highest BCUT2D eigenvalue weighted by Gasteiger charge is 2.29. The summed E-state index contributed by atoms with van der Waals surface area (Å²) in [6.45, 7) is 0.0914. The van der Waals surface area contributed by atoms with Crippen LogP contribution in [0.15, 0.2) is 23.1 Å². The molecule has 22 heavy (non-hydrogen) atoms. The highest BCUT2D eigenvalue weighted by molar-refractivity contribution is 7.91. The number of hydrogen-bond acceptors (Lipinski definition) is 6. The predicted molar refractivity (Wildman–Crippen MR) is 71.6 cm³/mol. The first-order valence-electron chi connectivity index (χ1n) is 5.92. The largest absolute Gasteiger partial charge is 0.481 e. The van der Waals surface area contributed by atoms with Crippen molar-refractivity contribution in [2.75, 3.05) is 11.9 Å². The van der Waals surface area contributed by atoms with Crippen LogP contribution < -0.4 is 5.32 Å². The minimum atomic E-state index is -4.93. The van der Waals surface area contributed by atoms with Crippen LogP contribution in [0.2, 0.25) is 0 Å². The molecule has 11 heteroatoms. The normalized spacial score (nSPS) is 11.4. The number of alkyl halides is 2. The second-order valence-corrected chi connectivity index (χ2v) is 6.08. The Morgan fingerprint density at radius 3 is 2.55 bits per heavy atom. The fourth-order valence-corrected chi connectivity index (χ4v) is 2.29. The lowest BCUT2D eigenvalue weighted by molar-refractivity contribution is -0.384. The van der Waals surface area contributed by atoms with E-state index in [4.69, 9.17) is 5.11 Å². The smallest absolute Gasteiger partial charge is 0.341 e. The fourth-order valence-electron chi connectivity index (χ4n) is 1.55. The Hall–Kier alpha value is -2.30. The van der Waals surface area contributed by atoms with Crippen molar-refractivity contribution in [2.24, 2.45) is 0 Å². The molecule has 0 atom stereocenters. The Kier molecular flexibility index (Phi) is 5.74. The molecule has 0 amide bonds. The highest BCUT2D eigenvalue weighted by atomic mass is 32.2. The Bertz CT molecular complexity index is 677. The fraction of sp³-hybridized carbons (Fsp3) is 0.364. The molecule has 1 aromatic rings. The second-order valence-electron chi connectivity index (χ2n) is 4.17. The van der Waals surface area contributed by atoms with E-state index in [1.165, 1.54) is 0 Å². The molecule has 0 aliphatic rings. The van der Waals surface area contributed by atoms with Crippen LogP contribution in [0, 0.1) is 10.1 Å². The van der Waals surface area contributed by atoms with E-state index >= 15 is 0 Å². The molecule has 0 heterocycles. The molecule has 0 saturated heterocycles. The summed E-state index contributed by atoms with van der Waals surface area (Å²) in [5.74, 6) is -4.71. The number of benzene rings is 1. The molecule has 0 spiro atoms. The molecule has 0 aliphatic carbocycles. The van der Waals surface area contributed by atoms with E-state index in [0.717, 1.165) is 12.1 Å². The second kappa shape index (κ2) is 7.11. The van der Waals surface area contributed by atoms with Crippen molar-refractivity contribution >= 4 is 27.2 Å². The third-order valence-electron chi connectivity index (χ3n) is 2.61. The number of anilines is 1. The molecular formula is C11H12F2N2O6S. The summed E-state index contributed by atoms with van der Waals surface area (Å²) in [4.78, 5) is 19.5. The van der Waals surface area contributed by atoms with Gasteiger partial charge in [0.2, 0.25) is 9.84 Å². The molecule has 0 bridgehead atoms. The summed E-state index contributed by atoms with van der Waals surface area (Å²) in [6.07, 6.45) is 0.0300. The first-order valence-corrected chi connectivity index (χ1v) is 7.47. The third kappa shape index (κ3) is 4.35. The maximum absolute atomic E-state index is 12.4. The topological polar surface area (TPSA) is 127 Å². The van der Waals surface area contributed by atoms with Crippen LogP contribution in [0.25, 0.3) is 0 Å². The van der Waals surface area contributed by atoms with Gasteiger partial charge in [0.1, 0.15) is 5.69 Å². The van der Waals surface area contributed by atoms with Gasteiger partial charge in [0.25, 0.3) is 5.69 Å². The Balaban J connectivity index is 3.01. The molecule has 8 nitrogen and oxygen atoms in total. The number of nitro groups is 1. The number of nitrogens with zero attached hydrogens (tertiary/aromatic N) is 1. The van der Waals surface area contributed by atoms with Crippen molar-refractivity contribution in [1.82, 2.24) is 0 Å². The van der Waals surface area contributed by atoms with Crippen LogP contribution in [-0.2, 0) is 14.6 Å². The van der Waals surface area contributed by atoms with Gasteiger partial charge in [-0.2, -0.15) is 8.78 Å². The summed E-state index contributed by atoms with van der Waals surface area (Å²) in [7, 11) is -4.93. The van der Waals surface area contributed by atoms with Gasteiger partial charge in [0.05, 0.1) is 9.82 Å². The summed E-state index contributed by atoms with van der Waals surface area (Å²) >= 11 is 0. The van der Waals surface area contributed by atoms with Crippen molar-refractivity contribution < 1.29 is 32.0 Å². The van der Waals surface area contributed by atoms with E-state index in [0.29, 0.717) is 6.07 Å². The van der Waals surface area contributed by atoms with Gasteiger partial charge in [-0.1, -0.05) is 0 Å². The monoisotopic (exact) mass is 338 g/mol. The zero-order valence-corrected chi connectivity index (χ0v) is 11.8. The van der Waals surface area contributed by atoms with Gasteiger partial charge < -0.3 is 10.4 Å². The van der Waals surface area contributed by atoms with Crippen LogP contribution in [0.4, 0.5) is 20.2 Å². The van der Waals surface area contributed by atoms with E-state index in [1.54, 1.807) is 0 Å². The van der Waals surface area contributed by atoms with Gasteiger partial charge in [0, 0.05) is 19.0 Å². The van der Waals surface area contributed by atoms with Crippen molar-refractivity contribution in [2.45, 2.75) is 23.5 Å². The molecule has 0 fully saturated rings. The number of aliphatic carboxylic acids is 1. The van der Waals surface area contributed by atoms with Gasteiger partial charge in [-0.05, 0) is 18.6 Å². The molecule has 0 saturated carbocycles. The van der Waals surface area contributed by atoms with Crippen LogP contribution in [0.3, 0.4) is 0 Å². The number of halogens is 2. The number of carboxylic acid groups (broad SMARTS) is 1. The van der Waals surface area contributed by atoms with Gasteiger partial charge in [0.15, 0.2) is 0 Å². The first kappa shape index (κ1) is 17.8. The number of nitrogens with one attached hydrogen (secondary N) is 1. The van der Waals surface area contributed by atoms with Crippen LogP contribution >= 0.6 is 0 Å². The maximum atomic E-state index is 12.4. The first-order chi connectivity index (χ1) is 10.2. The predicted octanol–water partition coefficient (Wildman–Crippen LogP) is 1.87.